The van der Waals surface area contributed by atoms with Crippen molar-refractivity contribution in [1.29, 1.82) is 0 Å². The molecule has 0 aliphatic rings. The minimum Gasteiger partial charge on any atom is -0.507 e. The van der Waals surface area contributed by atoms with Gasteiger partial charge in [0.05, 0.1) is 0 Å². The number of aromatic nitrogens is 3. The van der Waals surface area contributed by atoms with E-state index in [2.05, 4.69) is 22.2 Å². The normalized spacial score (nSPS) is 11.0. The van der Waals surface area contributed by atoms with Gasteiger partial charge in [-0.05, 0) is 49.6 Å². The second-order valence-electron chi connectivity index (χ2n) is 6.59. The first kappa shape index (κ1) is 17.9. The van der Waals surface area contributed by atoms with Crippen LogP contribution in [0.1, 0.15) is 37.3 Å². The highest BCUT2D eigenvalue weighted by Crippen LogP contribution is 2.27. The number of anilines is 2. The van der Waals surface area contributed by atoms with E-state index in [1.54, 1.807) is 22.9 Å². The smallest absolute Gasteiger partial charge is 0.252 e. The third kappa shape index (κ3) is 3.69. The van der Waals surface area contributed by atoms with Gasteiger partial charge in [-0.2, -0.15) is 4.98 Å². The Morgan fingerprint density at radius 1 is 1.15 bits per heavy atom. The van der Waals surface area contributed by atoms with E-state index in [0.717, 1.165) is 41.5 Å². The van der Waals surface area contributed by atoms with Crippen LogP contribution in [0.4, 0.5) is 11.6 Å². The van der Waals surface area contributed by atoms with Crippen molar-refractivity contribution < 1.29 is 5.11 Å². The van der Waals surface area contributed by atoms with Gasteiger partial charge in [-0.3, -0.25) is 9.36 Å². The molecule has 6 nitrogen and oxygen atoms in total. The molecule has 136 valence electrons. The Morgan fingerprint density at radius 3 is 2.58 bits per heavy atom. The fourth-order valence-electron chi connectivity index (χ4n) is 3.02. The van der Waals surface area contributed by atoms with E-state index in [-0.39, 0.29) is 5.56 Å². The fraction of sp³-hybridized carbons (Fsp3) is 0.350. The molecule has 0 aliphatic carbocycles. The quantitative estimate of drug-likeness (QED) is 0.517. The molecular weight excluding hydrogens is 328 g/mol. The van der Waals surface area contributed by atoms with E-state index in [1.165, 1.54) is 0 Å². The lowest BCUT2D eigenvalue weighted by molar-refractivity contribution is 0.467. The lowest BCUT2D eigenvalue weighted by Crippen LogP contribution is -2.20. The van der Waals surface area contributed by atoms with Crippen LogP contribution in [0.2, 0.25) is 0 Å². The van der Waals surface area contributed by atoms with E-state index in [4.69, 9.17) is 0 Å². The number of phenols is 1. The lowest BCUT2D eigenvalue weighted by atomic mass is 10.1. The Balaban J connectivity index is 1.97. The summed E-state index contributed by atoms with van der Waals surface area (Å²) in [6.07, 6.45) is 4.84. The molecule has 3 aromatic rings. The molecule has 2 aromatic heterocycles. The number of rotatable bonds is 6. The second-order valence-corrected chi connectivity index (χ2v) is 6.59. The summed E-state index contributed by atoms with van der Waals surface area (Å²) in [7, 11) is 0. The van der Waals surface area contributed by atoms with Gasteiger partial charge in [0.1, 0.15) is 11.4 Å². The standard InChI is InChI=1S/C20H24N4O2/c1-4-5-6-9-24-17(25)8-7-15-12-21-20(23-19(15)24)22-16-10-13(2)18(26)14(3)11-16/h7-8,10-12,26H,4-6,9H2,1-3H3,(H,21,22,23). The van der Waals surface area contributed by atoms with Crippen LogP contribution in [0.25, 0.3) is 11.0 Å². The molecule has 1 aromatic carbocycles. The van der Waals surface area contributed by atoms with Gasteiger partial charge in [0.15, 0.2) is 0 Å². The van der Waals surface area contributed by atoms with Gasteiger partial charge >= 0.3 is 0 Å². The highest BCUT2D eigenvalue weighted by molar-refractivity contribution is 5.75. The van der Waals surface area contributed by atoms with Gasteiger partial charge in [-0.25, -0.2) is 4.98 Å². The molecule has 2 N–H and O–H groups in total. The molecule has 3 rings (SSSR count). The summed E-state index contributed by atoms with van der Waals surface area (Å²) in [6.45, 7) is 6.48. The third-order valence-electron chi connectivity index (χ3n) is 4.46. The maximum absolute atomic E-state index is 12.3. The van der Waals surface area contributed by atoms with Crippen molar-refractivity contribution in [2.24, 2.45) is 0 Å². The minimum absolute atomic E-state index is 0.0467. The molecule has 0 spiro atoms. The summed E-state index contributed by atoms with van der Waals surface area (Å²) in [5.74, 6) is 0.719. The Kier molecular flexibility index (Phi) is 5.21. The number of unbranched alkanes of at least 4 members (excludes halogenated alkanes) is 2. The number of phenolic OH excluding ortho intramolecular Hbond substituents is 1. The molecule has 0 saturated heterocycles. The second kappa shape index (κ2) is 7.56. The van der Waals surface area contributed by atoms with Crippen molar-refractivity contribution in [3.8, 4) is 5.75 Å². The number of aromatic hydroxyl groups is 1. The Hall–Kier alpha value is -2.89. The number of hydrogen-bond donors (Lipinski definition) is 2. The van der Waals surface area contributed by atoms with Crippen molar-refractivity contribution in [3.63, 3.8) is 0 Å². The molecule has 0 atom stereocenters. The largest absolute Gasteiger partial charge is 0.507 e. The van der Waals surface area contributed by atoms with Crippen molar-refractivity contribution in [3.05, 3.63) is 51.9 Å². The average Bonchev–Trinajstić information content (AvgIpc) is 2.61. The van der Waals surface area contributed by atoms with Crippen molar-refractivity contribution in [2.45, 2.75) is 46.6 Å². The molecule has 0 unspecified atom stereocenters. The molecule has 0 bridgehead atoms. The van der Waals surface area contributed by atoms with E-state index < -0.39 is 0 Å². The zero-order valence-corrected chi connectivity index (χ0v) is 15.4. The van der Waals surface area contributed by atoms with Gasteiger partial charge in [0.2, 0.25) is 5.95 Å². The van der Waals surface area contributed by atoms with Crippen molar-refractivity contribution >= 4 is 22.7 Å². The number of hydrogen-bond acceptors (Lipinski definition) is 5. The molecule has 0 fully saturated rings. The van der Waals surface area contributed by atoms with Crippen molar-refractivity contribution in [1.82, 2.24) is 14.5 Å². The number of pyridine rings is 1. The molecule has 0 radical (unpaired) electrons. The van der Waals surface area contributed by atoms with Crippen LogP contribution < -0.4 is 10.9 Å². The summed E-state index contributed by atoms with van der Waals surface area (Å²) >= 11 is 0. The van der Waals surface area contributed by atoms with Crippen molar-refractivity contribution in [2.75, 3.05) is 5.32 Å². The van der Waals surface area contributed by atoms with Gasteiger partial charge in [0.25, 0.3) is 5.56 Å². The maximum Gasteiger partial charge on any atom is 0.252 e. The number of aryl methyl sites for hydroxylation is 3. The number of benzene rings is 1. The highest BCUT2D eigenvalue weighted by atomic mass is 16.3. The number of fused-ring (bicyclic) bond motifs is 1. The van der Waals surface area contributed by atoms with Gasteiger partial charge in [-0.1, -0.05) is 19.8 Å². The third-order valence-corrected chi connectivity index (χ3v) is 4.46. The monoisotopic (exact) mass is 352 g/mol. The highest BCUT2D eigenvalue weighted by Gasteiger charge is 2.09. The zero-order chi connectivity index (χ0) is 18.7. The molecule has 0 saturated carbocycles. The summed E-state index contributed by atoms with van der Waals surface area (Å²) in [5, 5.41) is 13.9. The maximum atomic E-state index is 12.3. The first-order chi connectivity index (χ1) is 12.5. The minimum atomic E-state index is -0.0467. The van der Waals surface area contributed by atoms with Crippen LogP contribution in [0.5, 0.6) is 5.75 Å². The molecule has 0 amide bonds. The summed E-state index contributed by atoms with van der Waals surface area (Å²) in [5.41, 5.74) is 2.95. The van der Waals surface area contributed by atoms with E-state index in [9.17, 15) is 9.90 Å². The zero-order valence-electron chi connectivity index (χ0n) is 15.4. The van der Waals surface area contributed by atoms with Gasteiger partial charge in [-0.15, -0.1) is 0 Å². The molecular formula is C20H24N4O2. The fourth-order valence-corrected chi connectivity index (χ4v) is 3.02. The molecule has 26 heavy (non-hydrogen) atoms. The lowest BCUT2D eigenvalue weighted by Gasteiger charge is -2.12. The van der Waals surface area contributed by atoms with E-state index >= 15 is 0 Å². The first-order valence-electron chi connectivity index (χ1n) is 8.93. The summed E-state index contributed by atoms with van der Waals surface area (Å²) in [6, 6.07) is 7.01. The number of nitrogens with one attached hydrogen (secondary N) is 1. The predicted molar refractivity (Wildman–Crippen MR) is 104 cm³/mol. The van der Waals surface area contributed by atoms with Gasteiger partial charge in [0, 0.05) is 29.9 Å². The topological polar surface area (TPSA) is 80.0 Å². The Morgan fingerprint density at radius 2 is 1.88 bits per heavy atom. The van der Waals surface area contributed by atoms with E-state index in [1.807, 2.05) is 26.0 Å². The molecule has 0 aliphatic heterocycles. The average molecular weight is 352 g/mol. The summed E-state index contributed by atoms with van der Waals surface area (Å²) < 4.78 is 1.71. The Labute approximate surface area is 152 Å². The predicted octanol–water partition coefficient (Wildman–Crippen LogP) is 4.05. The first-order valence-corrected chi connectivity index (χ1v) is 8.93. The SMILES string of the molecule is CCCCCn1c(=O)ccc2cnc(Nc3cc(C)c(O)c(C)c3)nc21. The van der Waals surface area contributed by atoms with Crippen LogP contribution in [-0.4, -0.2) is 19.6 Å². The van der Waals surface area contributed by atoms with E-state index in [0.29, 0.717) is 23.9 Å². The summed E-state index contributed by atoms with van der Waals surface area (Å²) in [4.78, 5) is 21.2. The van der Waals surface area contributed by atoms with Crippen LogP contribution in [-0.2, 0) is 6.54 Å². The van der Waals surface area contributed by atoms with Crippen LogP contribution in [0, 0.1) is 13.8 Å². The van der Waals surface area contributed by atoms with Gasteiger partial charge < -0.3 is 10.4 Å². The number of nitrogens with zero attached hydrogens (tertiary/aromatic N) is 3. The molecule has 6 heteroatoms. The van der Waals surface area contributed by atoms with Crippen LogP contribution in [0.3, 0.4) is 0 Å². The molecule has 2 heterocycles. The Bertz CT molecular complexity index is 972. The van der Waals surface area contributed by atoms with Crippen LogP contribution >= 0.6 is 0 Å². The van der Waals surface area contributed by atoms with Crippen LogP contribution in [0.15, 0.2) is 35.3 Å².